The van der Waals surface area contributed by atoms with E-state index in [9.17, 15) is 9.90 Å². The quantitative estimate of drug-likeness (QED) is 0.715. The molecule has 1 aliphatic carbocycles. The van der Waals surface area contributed by atoms with Gasteiger partial charge in [0.1, 0.15) is 5.75 Å². The van der Waals surface area contributed by atoms with E-state index in [0.717, 1.165) is 24.8 Å². The molecule has 0 atom stereocenters. The number of anilines is 1. The molecule has 1 aromatic carbocycles. The minimum Gasteiger partial charge on any atom is -0.505 e. The van der Waals surface area contributed by atoms with Crippen LogP contribution < -0.4 is 11.1 Å². The number of nitrogens with one attached hydrogen (secondary N) is 1. The predicted octanol–water partition coefficient (Wildman–Crippen LogP) is 2.16. The summed E-state index contributed by atoms with van der Waals surface area (Å²) < 4.78 is 0. The van der Waals surface area contributed by atoms with Crippen molar-refractivity contribution in [1.29, 1.82) is 0 Å². The Labute approximate surface area is 107 Å². The third-order valence-electron chi connectivity index (χ3n) is 3.89. The normalized spacial score (nSPS) is 17.0. The van der Waals surface area contributed by atoms with E-state index in [0.29, 0.717) is 18.7 Å². The van der Waals surface area contributed by atoms with Crippen LogP contribution >= 0.6 is 0 Å². The van der Waals surface area contributed by atoms with Crippen molar-refractivity contribution in [2.75, 3.05) is 11.9 Å². The van der Waals surface area contributed by atoms with Crippen LogP contribution in [0, 0.1) is 12.3 Å². The van der Waals surface area contributed by atoms with Crippen molar-refractivity contribution in [2.45, 2.75) is 32.6 Å². The molecule has 0 aromatic heterocycles. The number of nitrogens with two attached hydrogens (primary N) is 1. The highest BCUT2D eigenvalue weighted by Gasteiger charge is 2.37. The van der Waals surface area contributed by atoms with Crippen LogP contribution in [0.3, 0.4) is 0 Å². The fourth-order valence-electron chi connectivity index (χ4n) is 2.42. The Morgan fingerprint density at radius 3 is 2.78 bits per heavy atom. The molecule has 4 heteroatoms. The van der Waals surface area contributed by atoms with Crippen molar-refractivity contribution >= 4 is 11.6 Å². The molecule has 0 aliphatic heterocycles. The fraction of sp³-hybridized carbons (Fsp3) is 0.500. The Bertz CT molecular complexity index is 448. The molecule has 1 fully saturated rings. The van der Waals surface area contributed by atoms with Crippen molar-refractivity contribution in [3.63, 3.8) is 0 Å². The maximum atomic E-state index is 12.0. The van der Waals surface area contributed by atoms with Gasteiger partial charge in [0, 0.05) is 6.42 Å². The number of hydrogen-bond acceptors (Lipinski definition) is 3. The van der Waals surface area contributed by atoms with Crippen LogP contribution in [0.1, 0.15) is 31.2 Å². The molecule has 1 saturated carbocycles. The average Bonchev–Trinajstić information content (AvgIpc) is 2.30. The Kier molecular flexibility index (Phi) is 3.57. The number of hydrogen-bond donors (Lipinski definition) is 3. The summed E-state index contributed by atoms with van der Waals surface area (Å²) in [6, 6.07) is 5.32. The molecule has 0 saturated heterocycles. The van der Waals surface area contributed by atoms with E-state index >= 15 is 0 Å². The molecule has 0 heterocycles. The van der Waals surface area contributed by atoms with Crippen LogP contribution in [-0.2, 0) is 4.79 Å². The molecule has 0 spiro atoms. The number of carbonyl (C=O) groups is 1. The second-order valence-corrected chi connectivity index (χ2v) is 5.25. The van der Waals surface area contributed by atoms with E-state index in [-0.39, 0.29) is 17.1 Å². The van der Waals surface area contributed by atoms with Crippen LogP contribution in [0.15, 0.2) is 18.2 Å². The predicted molar refractivity (Wildman–Crippen MR) is 71.4 cm³/mol. The van der Waals surface area contributed by atoms with Gasteiger partial charge in [0.05, 0.1) is 5.69 Å². The van der Waals surface area contributed by atoms with Crippen LogP contribution in [0.5, 0.6) is 5.75 Å². The minimum atomic E-state index is -0.0685. The monoisotopic (exact) mass is 248 g/mol. The van der Waals surface area contributed by atoms with Crippen LogP contribution in [-0.4, -0.2) is 17.6 Å². The second-order valence-electron chi connectivity index (χ2n) is 5.25. The first-order valence-electron chi connectivity index (χ1n) is 6.35. The summed E-state index contributed by atoms with van der Waals surface area (Å²) in [4.78, 5) is 12.0. The second kappa shape index (κ2) is 4.98. The largest absolute Gasteiger partial charge is 0.505 e. The molecule has 4 nitrogen and oxygen atoms in total. The van der Waals surface area contributed by atoms with Crippen LogP contribution in [0.25, 0.3) is 0 Å². The highest BCUT2D eigenvalue weighted by molar-refractivity contribution is 5.92. The van der Waals surface area contributed by atoms with E-state index < -0.39 is 0 Å². The van der Waals surface area contributed by atoms with E-state index in [1.165, 1.54) is 0 Å². The molecule has 1 aliphatic rings. The van der Waals surface area contributed by atoms with Crippen molar-refractivity contribution in [3.8, 4) is 5.75 Å². The minimum absolute atomic E-state index is 0.0104. The Morgan fingerprint density at radius 1 is 1.50 bits per heavy atom. The van der Waals surface area contributed by atoms with E-state index in [1.54, 1.807) is 19.1 Å². The summed E-state index contributed by atoms with van der Waals surface area (Å²) in [5.74, 6) is 0.0716. The standard InChI is InChI=1S/C14H20N2O2/c1-10-4-2-5-11(13(10)18)16-12(17)8-14(9-15)6-3-7-14/h2,4-5,18H,3,6-9,15H2,1H3,(H,16,17). The number of phenols is 1. The molecule has 98 valence electrons. The van der Waals surface area contributed by atoms with Gasteiger partial charge in [-0.2, -0.15) is 0 Å². The van der Waals surface area contributed by atoms with Crippen LogP contribution in [0.4, 0.5) is 5.69 Å². The molecule has 1 aromatic rings. The summed E-state index contributed by atoms with van der Waals surface area (Å²) in [6.45, 7) is 2.36. The molecule has 0 bridgehead atoms. The Morgan fingerprint density at radius 2 is 2.22 bits per heavy atom. The summed E-state index contributed by atoms with van der Waals surface area (Å²) in [5, 5.41) is 12.6. The van der Waals surface area contributed by atoms with E-state index in [1.807, 2.05) is 6.07 Å². The molecular formula is C14H20N2O2. The van der Waals surface area contributed by atoms with Gasteiger partial charge in [-0.05, 0) is 43.4 Å². The molecule has 2 rings (SSSR count). The summed E-state index contributed by atoms with van der Waals surface area (Å²) in [5.41, 5.74) is 6.96. The van der Waals surface area contributed by atoms with E-state index in [4.69, 9.17) is 5.73 Å². The number of para-hydroxylation sites is 1. The first-order chi connectivity index (χ1) is 8.56. The van der Waals surface area contributed by atoms with Crippen molar-refractivity contribution < 1.29 is 9.90 Å². The SMILES string of the molecule is Cc1cccc(NC(=O)CC2(CN)CCC2)c1O. The molecule has 1 amide bonds. The zero-order valence-electron chi connectivity index (χ0n) is 10.7. The Balaban J connectivity index is 2.01. The lowest BCUT2D eigenvalue weighted by molar-refractivity contribution is -0.119. The van der Waals surface area contributed by atoms with Gasteiger partial charge in [0.2, 0.25) is 5.91 Å². The first kappa shape index (κ1) is 12.9. The Hall–Kier alpha value is -1.55. The summed E-state index contributed by atoms with van der Waals surface area (Å²) >= 11 is 0. The molecule has 18 heavy (non-hydrogen) atoms. The lowest BCUT2D eigenvalue weighted by Crippen LogP contribution is -2.40. The van der Waals surface area contributed by atoms with Gasteiger partial charge in [-0.1, -0.05) is 18.6 Å². The van der Waals surface area contributed by atoms with Gasteiger partial charge in [-0.15, -0.1) is 0 Å². The van der Waals surface area contributed by atoms with Gasteiger partial charge in [0.15, 0.2) is 0 Å². The average molecular weight is 248 g/mol. The van der Waals surface area contributed by atoms with Crippen molar-refractivity contribution in [2.24, 2.45) is 11.1 Å². The number of phenolic OH excluding ortho intramolecular Hbond substituents is 1. The molecule has 0 unspecified atom stereocenters. The molecular weight excluding hydrogens is 228 g/mol. The number of benzene rings is 1. The van der Waals surface area contributed by atoms with Crippen LogP contribution in [0.2, 0.25) is 0 Å². The molecule has 0 radical (unpaired) electrons. The number of aryl methyl sites for hydroxylation is 1. The first-order valence-corrected chi connectivity index (χ1v) is 6.35. The topological polar surface area (TPSA) is 75.4 Å². The van der Waals surface area contributed by atoms with Gasteiger partial charge in [0.25, 0.3) is 0 Å². The maximum Gasteiger partial charge on any atom is 0.225 e. The zero-order valence-corrected chi connectivity index (χ0v) is 10.7. The van der Waals surface area contributed by atoms with Gasteiger partial charge < -0.3 is 16.2 Å². The lowest BCUT2D eigenvalue weighted by atomic mass is 9.66. The van der Waals surface area contributed by atoms with E-state index in [2.05, 4.69) is 5.32 Å². The molecule has 4 N–H and O–H groups in total. The highest BCUT2D eigenvalue weighted by Crippen LogP contribution is 2.43. The highest BCUT2D eigenvalue weighted by atomic mass is 16.3. The third-order valence-corrected chi connectivity index (χ3v) is 3.89. The number of rotatable bonds is 4. The number of aromatic hydroxyl groups is 1. The third kappa shape index (κ3) is 2.48. The van der Waals surface area contributed by atoms with Crippen molar-refractivity contribution in [3.05, 3.63) is 23.8 Å². The summed E-state index contributed by atoms with van der Waals surface area (Å²) in [6.07, 6.45) is 3.64. The smallest absolute Gasteiger partial charge is 0.225 e. The zero-order chi connectivity index (χ0) is 13.2. The number of amides is 1. The maximum absolute atomic E-state index is 12.0. The fourth-order valence-corrected chi connectivity index (χ4v) is 2.42. The van der Waals surface area contributed by atoms with Gasteiger partial charge in [-0.3, -0.25) is 4.79 Å². The van der Waals surface area contributed by atoms with Crippen molar-refractivity contribution in [1.82, 2.24) is 0 Å². The van der Waals surface area contributed by atoms with Gasteiger partial charge >= 0.3 is 0 Å². The number of carbonyl (C=O) groups excluding carboxylic acids is 1. The lowest BCUT2D eigenvalue weighted by Gasteiger charge is -2.40. The van der Waals surface area contributed by atoms with Gasteiger partial charge in [-0.25, -0.2) is 0 Å². The summed E-state index contributed by atoms with van der Waals surface area (Å²) in [7, 11) is 0.